The Labute approximate surface area is 141 Å². The summed E-state index contributed by atoms with van der Waals surface area (Å²) in [5.41, 5.74) is 3.39. The Bertz CT molecular complexity index is 649. The van der Waals surface area contributed by atoms with Crippen molar-refractivity contribution in [1.29, 1.82) is 0 Å². The van der Waals surface area contributed by atoms with Gasteiger partial charge < -0.3 is 5.32 Å². The second kappa shape index (κ2) is 5.76. The maximum absolute atomic E-state index is 6.23. The second-order valence-corrected chi connectivity index (χ2v) is 6.89. The first kappa shape index (κ1) is 14.5. The number of halogens is 4. The first-order valence-corrected chi connectivity index (χ1v) is 8.17. The van der Waals surface area contributed by atoms with E-state index >= 15 is 0 Å². The molecular weight excluding hydrogens is 380 g/mol. The first-order chi connectivity index (χ1) is 9.56. The molecule has 5 heteroatoms. The Hall–Kier alpha value is -0.410. The van der Waals surface area contributed by atoms with E-state index in [4.69, 9.17) is 34.8 Å². The summed E-state index contributed by atoms with van der Waals surface area (Å²) in [7, 11) is 0. The van der Waals surface area contributed by atoms with Gasteiger partial charge in [-0.1, -0.05) is 62.9 Å². The molecule has 0 spiro atoms. The Kier molecular flexibility index (Phi) is 4.19. The van der Waals surface area contributed by atoms with E-state index in [9.17, 15) is 0 Å². The molecule has 2 aromatic rings. The second-order valence-electron chi connectivity index (χ2n) is 4.79. The fourth-order valence-corrected chi connectivity index (χ4v) is 4.12. The normalized spacial score (nSPS) is 17.1. The molecule has 0 fully saturated rings. The van der Waals surface area contributed by atoms with Crippen LogP contribution < -0.4 is 5.32 Å². The molecule has 0 radical (unpaired) electrons. The van der Waals surface area contributed by atoms with Gasteiger partial charge in [0.1, 0.15) is 0 Å². The van der Waals surface area contributed by atoms with Crippen LogP contribution in [0, 0.1) is 0 Å². The highest BCUT2D eigenvalue weighted by Crippen LogP contribution is 2.41. The third-order valence-electron chi connectivity index (χ3n) is 3.54. The monoisotopic (exact) mass is 389 g/mol. The average Bonchev–Trinajstić information content (AvgIpc) is 2.78. The quantitative estimate of drug-likeness (QED) is 0.615. The molecule has 1 aliphatic carbocycles. The highest BCUT2D eigenvalue weighted by molar-refractivity contribution is 9.10. The number of hydrogen-bond donors (Lipinski definition) is 1. The van der Waals surface area contributed by atoms with Crippen LogP contribution in [0.3, 0.4) is 0 Å². The molecule has 1 N–H and O–H groups in total. The Morgan fingerprint density at radius 1 is 1.10 bits per heavy atom. The predicted molar refractivity (Wildman–Crippen MR) is 90.3 cm³/mol. The summed E-state index contributed by atoms with van der Waals surface area (Å²) in [4.78, 5) is 0. The molecule has 0 saturated carbocycles. The summed E-state index contributed by atoms with van der Waals surface area (Å²) in [6, 6.07) is 9.89. The van der Waals surface area contributed by atoms with Crippen LogP contribution in [0.2, 0.25) is 15.1 Å². The van der Waals surface area contributed by atoms with Crippen LogP contribution in [-0.2, 0) is 6.42 Å². The standard InChI is InChI=1S/C15H11BrCl3N/c16-11-3-1-2-10-9(11)4-5-14(10)20-15-12(18)6-8(17)7-13(15)19/h1-3,6-7,14,20H,4-5H2. The van der Waals surface area contributed by atoms with Crippen molar-refractivity contribution in [3.63, 3.8) is 0 Å². The van der Waals surface area contributed by atoms with Crippen molar-refractivity contribution in [2.45, 2.75) is 18.9 Å². The van der Waals surface area contributed by atoms with Gasteiger partial charge in [0.05, 0.1) is 21.8 Å². The minimum Gasteiger partial charge on any atom is -0.376 e. The molecule has 104 valence electrons. The molecule has 0 heterocycles. The Morgan fingerprint density at radius 2 is 1.80 bits per heavy atom. The molecular formula is C15H11BrCl3N. The molecule has 1 nitrogen and oxygen atoms in total. The van der Waals surface area contributed by atoms with Gasteiger partial charge in [0.2, 0.25) is 0 Å². The van der Waals surface area contributed by atoms with E-state index in [-0.39, 0.29) is 6.04 Å². The van der Waals surface area contributed by atoms with Crippen molar-refractivity contribution < 1.29 is 0 Å². The van der Waals surface area contributed by atoms with Crippen LogP contribution in [0.4, 0.5) is 5.69 Å². The third-order valence-corrected chi connectivity index (χ3v) is 5.10. The Morgan fingerprint density at radius 3 is 2.50 bits per heavy atom. The summed E-state index contributed by atoms with van der Waals surface area (Å²) in [5, 5.41) is 5.08. The van der Waals surface area contributed by atoms with E-state index in [1.54, 1.807) is 12.1 Å². The van der Waals surface area contributed by atoms with Gasteiger partial charge in [-0.25, -0.2) is 0 Å². The van der Waals surface area contributed by atoms with Crippen molar-refractivity contribution in [1.82, 2.24) is 0 Å². The highest BCUT2D eigenvalue weighted by Gasteiger charge is 2.25. The van der Waals surface area contributed by atoms with Crippen molar-refractivity contribution >= 4 is 56.4 Å². The molecule has 1 aliphatic rings. The molecule has 0 aromatic heterocycles. The van der Waals surface area contributed by atoms with Crippen LogP contribution >= 0.6 is 50.7 Å². The summed E-state index contributed by atoms with van der Waals surface area (Å²) in [6.07, 6.45) is 2.06. The number of rotatable bonds is 2. The van der Waals surface area contributed by atoms with Gasteiger partial charge >= 0.3 is 0 Å². The van der Waals surface area contributed by atoms with Gasteiger partial charge in [0.25, 0.3) is 0 Å². The topological polar surface area (TPSA) is 12.0 Å². The van der Waals surface area contributed by atoms with Gasteiger partial charge in [-0.15, -0.1) is 0 Å². The fraction of sp³-hybridized carbons (Fsp3) is 0.200. The molecule has 1 atom stereocenters. The lowest BCUT2D eigenvalue weighted by Crippen LogP contribution is -2.08. The van der Waals surface area contributed by atoms with E-state index in [1.807, 2.05) is 6.07 Å². The van der Waals surface area contributed by atoms with Gasteiger partial charge in [-0.3, -0.25) is 0 Å². The average molecular weight is 392 g/mol. The summed E-state index contributed by atoms with van der Waals surface area (Å²) in [5.74, 6) is 0. The molecule has 0 saturated heterocycles. The van der Waals surface area contributed by atoms with Gasteiger partial charge in [-0.05, 0) is 42.2 Å². The third kappa shape index (κ3) is 2.67. The maximum atomic E-state index is 6.23. The summed E-state index contributed by atoms with van der Waals surface area (Å²) in [6.45, 7) is 0. The molecule has 0 bridgehead atoms. The van der Waals surface area contributed by atoms with Gasteiger partial charge in [-0.2, -0.15) is 0 Å². The fourth-order valence-electron chi connectivity index (χ4n) is 2.61. The van der Waals surface area contributed by atoms with E-state index in [0.29, 0.717) is 15.1 Å². The van der Waals surface area contributed by atoms with Crippen LogP contribution in [-0.4, -0.2) is 0 Å². The zero-order valence-electron chi connectivity index (χ0n) is 10.4. The summed E-state index contributed by atoms with van der Waals surface area (Å²) >= 11 is 22.0. The van der Waals surface area contributed by atoms with Crippen LogP contribution in [0.15, 0.2) is 34.8 Å². The lowest BCUT2D eigenvalue weighted by molar-refractivity contribution is 0.762. The molecule has 20 heavy (non-hydrogen) atoms. The number of anilines is 1. The van der Waals surface area contributed by atoms with Crippen LogP contribution in [0.5, 0.6) is 0 Å². The SMILES string of the molecule is Clc1cc(Cl)c(NC2CCc3c(Br)cccc32)c(Cl)c1. The minimum absolute atomic E-state index is 0.221. The van der Waals surface area contributed by atoms with Crippen molar-refractivity contribution in [3.05, 3.63) is 61.0 Å². The number of benzene rings is 2. The van der Waals surface area contributed by atoms with Gasteiger partial charge in [0.15, 0.2) is 0 Å². The number of nitrogens with one attached hydrogen (secondary N) is 1. The smallest absolute Gasteiger partial charge is 0.0724 e. The first-order valence-electron chi connectivity index (χ1n) is 6.24. The number of fused-ring (bicyclic) bond motifs is 1. The largest absolute Gasteiger partial charge is 0.376 e. The maximum Gasteiger partial charge on any atom is 0.0724 e. The number of hydrogen-bond acceptors (Lipinski definition) is 1. The van der Waals surface area contributed by atoms with E-state index in [2.05, 4.69) is 33.4 Å². The molecule has 0 amide bonds. The van der Waals surface area contributed by atoms with Crippen LogP contribution in [0.1, 0.15) is 23.6 Å². The van der Waals surface area contributed by atoms with Gasteiger partial charge in [0, 0.05) is 9.50 Å². The lowest BCUT2D eigenvalue weighted by atomic mass is 10.1. The zero-order chi connectivity index (χ0) is 14.3. The van der Waals surface area contributed by atoms with E-state index in [1.165, 1.54) is 11.1 Å². The minimum atomic E-state index is 0.221. The van der Waals surface area contributed by atoms with E-state index in [0.717, 1.165) is 23.0 Å². The lowest BCUT2D eigenvalue weighted by Gasteiger charge is -2.18. The molecule has 0 aliphatic heterocycles. The van der Waals surface area contributed by atoms with E-state index < -0.39 is 0 Å². The molecule has 2 aromatic carbocycles. The highest BCUT2D eigenvalue weighted by atomic mass is 79.9. The predicted octanol–water partition coefficient (Wildman–Crippen LogP) is 6.51. The summed E-state index contributed by atoms with van der Waals surface area (Å²) < 4.78 is 1.16. The van der Waals surface area contributed by atoms with Crippen molar-refractivity contribution in [2.24, 2.45) is 0 Å². The molecule has 1 unspecified atom stereocenters. The van der Waals surface area contributed by atoms with Crippen molar-refractivity contribution in [3.8, 4) is 0 Å². The molecule has 3 rings (SSSR count). The zero-order valence-corrected chi connectivity index (χ0v) is 14.2. The Balaban J connectivity index is 1.94. The van der Waals surface area contributed by atoms with Crippen LogP contribution in [0.25, 0.3) is 0 Å². The van der Waals surface area contributed by atoms with Crippen molar-refractivity contribution in [2.75, 3.05) is 5.32 Å².